The molecule has 0 radical (unpaired) electrons. The predicted octanol–water partition coefficient (Wildman–Crippen LogP) is 2.72. The number of benzene rings is 1. The van der Waals surface area contributed by atoms with Crippen LogP contribution in [-0.4, -0.2) is 60.7 Å². The van der Waals surface area contributed by atoms with Crippen molar-refractivity contribution in [1.82, 2.24) is 4.90 Å². The van der Waals surface area contributed by atoms with Gasteiger partial charge in [-0.1, -0.05) is 23.7 Å². The number of ether oxygens (including phenoxy) is 2. The molecule has 1 amide bonds. The van der Waals surface area contributed by atoms with Crippen LogP contribution in [0.25, 0.3) is 0 Å². The number of hydrogen-bond acceptors (Lipinski definition) is 4. The summed E-state index contributed by atoms with van der Waals surface area (Å²) in [5.41, 5.74) is -0.656. The van der Waals surface area contributed by atoms with Gasteiger partial charge in [0, 0.05) is 25.3 Å². The van der Waals surface area contributed by atoms with Crippen molar-refractivity contribution in [2.75, 3.05) is 33.4 Å². The average molecular weight is 358 g/mol. The van der Waals surface area contributed by atoms with Crippen LogP contribution >= 0.6 is 11.6 Å². The minimum absolute atomic E-state index is 0.128. The van der Waals surface area contributed by atoms with Crippen LogP contribution in [0, 0.1) is 0 Å². The summed E-state index contributed by atoms with van der Waals surface area (Å²) in [5.74, 6) is 0. The van der Waals surface area contributed by atoms with Gasteiger partial charge in [0.1, 0.15) is 11.7 Å². The second-order valence-corrected chi connectivity index (χ2v) is 6.41. The van der Waals surface area contributed by atoms with Crippen molar-refractivity contribution in [2.24, 2.45) is 0 Å². The molecule has 134 valence electrons. The molecule has 6 nitrogen and oxygen atoms in total. The van der Waals surface area contributed by atoms with Gasteiger partial charge in [0.25, 0.3) is 0 Å². The average Bonchev–Trinajstić information content (AvgIpc) is 2.58. The van der Waals surface area contributed by atoms with E-state index in [0.29, 0.717) is 30.2 Å². The Hall–Kier alpha value is -1.34. The molecular weight excluding hydrogens is 334 g/mol. The van der Waals surface area contributed by atoms with Crippen molar-refractivity contribution in [3.63, 3.8) is 0 Å². The molecule has 2 N–H and O–H groups in total. The second-order valence-electron chi connectivity index (χ2n) is 5.97. The van der Waals surface area contributed by atoms with Crippen LogP contribution < -0.4 is 0 Å². The first-order chi connectivity index (χ1) is 11.5. The fourth-order valence-corrected chi connectivity index (χ4v) is 3.19. The first-order valence-electron chi connectivity index (χ1n) is 8.04. The lowest BCUT2D eigenvalue weighted by atomic mass is 9.82. The number of halogens is 1. The number of aliphatic hydroxyl groups is 1. The van der Waals surface area contributed by atoms with Gasteiger partial charge in [-0.2, -0.15) is 0 Å². The summed E-state index contributed by atoms with van der Waals surface area (Å²) in [4.78, 5) is 12.5. The van der Waals surface area contributed by atoms with Gasteiger partial charge in [0.2, 0.25) is 0 Å². The molecule has 1 aromatic carbocycles. The van der Waals surface area contributed by atoms with Crippen LogP contribution in [-0.2, 0) is 15.1 Å². The summed E-state index contributed by atoms with van der Waals surface area (Å²) >= 11 is 6.08. The van der Waals surface area contributed by atoms with Crippen molar-refractivity contribution in [3.8, 4) is 0 Å². The largest absolute Gasteiger partial charge is 0.465 e. The fourth-order valence-electron chi connectivity index (χ4n) is 3.00. The minimum Gasteiger partial charge on any atom is -0.465 e. The lowest BCUT2D eigenvalue weighted by Crippen LogP contribution is -2.54. The molecule has 1 fully saturated rings. The second kappa shape index (κ2) is 8.67. The van der Waals surface area contributed by atoms with E-state index < -0.39 is 17.8 Å². The molecule has 0 aromatic heterocycles. The van der Waals surface area contributed by atoms with E-state index in [1.807, 2.05) is 0 Å². The molecule has 1 aromatic rings. The molecule has 1 heterocycles. The third-order valence-electron chi connectivity index (χ3n) is 4.35. The number of carboxylic acid groups (broad SMARTS) is 1. The highest BCUT2D eigenvalue weighted by atomic mass is 35.5. The molecule has 0 bridgehead atoms. The fraction of sp³-hybridized carbons (Fsp3) is 0.588. The van der Waals surface area contributed by atoms with Crippen LogP contribution in [0.4, 0.5) is 4.79 Å². The maximum atomic E-state index is 11.4. The Morgan fingerprint density at radius 1 is 1.50 bits per heavy atom. The molecular formula is C17H24ClNO5. The highest BCUT2D eigenvalue weighted by Gasteiger charge is 2.42. The van der Waals surface area contributed by atoms with Gasteiger partial charge in [0.05, 0.1) is 13.2 Å². The number of morpholine rings is 1. The van der Waals surface area contributed by atoms with Crippen molar-refractivity contribution in [1.29, 1.82) is 0 Å². The molecule has 0 aliphatic carbocycles. The predicted molar refractivity (Wildman–Crippen MR) is 90.4 cm³/mol. The van der Waals surface area contributed by atoms with Gasteiger partial charge in [-0.3, -0.25) is 0 Å². The van der Waals surface area contributed by atoms with Gasteiger partial charge >= 0.3 is 6.09 Å². The van der Waals surface area contributed by atoms with E-state index in [-0.39, 0.29) is 13.2 Å². The Labute approximate surface area is 146 Å². The van der Waals surface area contributed by atoms with Gasteiger partial charge in [0.15, 0.2) is 0 Å². The summed E-state index contributed by atoms with van der Waals surface area (Å²) in [6.07, 6.45) is 0.326. The summed E-state index contributed by atoms with van der Waals surface area (Å²) in [7, 11) is 1.64. The molecule has 2 atom stereocenters. The van der Waals surface area contributed by atoms with Gasteiger partial charge in [-0.05, 0) is 37.0 Å². The van der Waals surface area contributed by atoms with Crippen molar-refractivity contribution in [3.05, 3.63) is 34.9 Å². The van der Waals surface area contributed by atoms with E-state index in [9.17, 15) is 15.0 Å². The maximum Gasteiger partial charge on any atom is 0.407 e. The molecule has 2 rings (SSSR count). The topological polar surface area (TPSA) is 79.2 Å². The van der Waals surface area contributed by atoms with E-state index in [2.05, 4.69) is 0 Å². The molecule has 0 spiro atoms. The zero-order valence-electron chi connectivity index (χ0n) is 13.8. The van der Waals surface area contributed by atoms with Crippen LogP contribution in [0.2, 0.25) is 5.02 Å². The molecule has 1 unspecified atom stereocenters. The highest BCUT2D eigenvalue weighted by molar-refractivity contribution is 6.30. The van der Waals surface area contributed by atoms with E-state index in [1.54, 1.807) is 31.4 Å². The Morgan fingerprint density at radius 3 is 2.96 bits per heavy atom. The first kappa shape index (κ1) is 19.0. The SMILES string of the molecule is COCCCC[C@@](O)(c1cccc(Cl)c1)C1CN(C(=O)O)CCO1. The molecule has 1 aliphatic rings. The van der Waals surface area contributed by atoms with Crippen LogP contribution in [0.1, 0.15) is 24.8 Å². The van der Waals surface area contributed by atoms with E-state index in [1.165, 1.54) is 4.90 Å². The van der Waals surface area contributed by atoms with Crippen LogP contribution in [0.15, 0.2) is 24.3 Å². The van der Waals surface area contributed by atoms with Crippen LogP contribution in [0.3, 0.4) is 0 Å². The lowest BCUT2D eigenvalue weighted by Gasteiger charge is -2.41. The molecule has 24 heavy (non-hydrogen) atoms. The quantitative estimate of drug-likeness (QED) is 0.733. The number of amides is 1. The van der Waals surface area contributed by atoms with E-state index >= 15 is 0 Å². The number of rotatable bonds is 7. The van der Waals surface area contributed by atoms with Crippen LogP contribution in [0.5, 0.6) is 0 Å². The number of hydrogen-bond donors (Lipinski definition) is 2. The Bertz CT molecular complexity index is 556. The Balaban J connectivity index is 2.22. The summed E-state index contributed by atoms with van der Waals surface area (Å²) in [5, 5.41) is 21.1. The third-order valence-corrected chi connectivity index (χ3v) is 4.59. The minimum atomic E-state index is -1.30. The molecule has 1 saturated heterocycles. The summed E-state index contributed by atoms with van der Waals surface area (Å²) < 4.78 is 10.8. The number of unbranched alkanes of at least 4 members (excludes halogenated alkanes) is 1. The highest BCUT2D eigenvalue weighted by Crippen LogP contribution is 2.35. The third kappa shape index (κ3) is 4.60. The molecule has 7 heteroatoms. The standard InChI is InChI=1S/C17H24ClNO5/c1-23-9-3-2-7-17(22,13-5-4-6-14(18)11-13)15-12-19(16(20)21)8-10-24-15/h4-6,11,15,22H,2-3,7-10,12H2,1H3,(H,20,21)/t15?,17-/m1/s1. The van der Waals surface area contributed by atoms with Gasteiger partial charge < -0.3 is 24.6 Å². The van der Waals surface area contributed by atoms with Crippen molar-refractivity contribution in [2.45, 2.75) is 31.0 Å². The molecule has 0 saturated carbocycles. The van der Waals surface area contributed by atoms with E-state index in [4.69, 9.17) is 21.1 Å². The van der Waals surface area contributed by atoms with Gasteiger partial charge in [-0.15, -0.1) is 0 Å². The lowest BCUT2D eigenvalue weighted by molar-refractivity contribution is -0.148. The monoisotopic (exact) mass is 357 g/mol. The zero-order valence-corrected chi connectivity index (χ0v) is 14.5. The molecule has 1 aliphatic heterocycles. The first-order valence-corrected chi connectivity index (χ1v) is 8.42. The normalized spacial score (nSPS) is 20.6. The maximum absolute atomic E-state index is 11.4. The number of carbonyl (C=O) groups is 1. The number of nitrogens with zero attached hydrogens (tertiary/aromatic N) is 1. The van der Waals surface area contributed by atoms with Crippen molar-refractivity contribution >= 4 is 17.7 Å². The van der Waals surface area contributed by atoms with E-state index in [0.717, 1.165) is 12.8 Å². The Morgan fingerprint density at radius 2 is 2.29 bits per heavy atom. The van der Waals surface area contributed by atoms with Crippen molar-refractivity contribution < 1.29 is 24.5 Å². The zero-order chi connectivity index (χ0) is 17.6. The summed E-state index contributed by atoms with van der Waals surface area (Å²) in [6, 6.07) is 7.02. The summed E-state index contributed by atoms with van der Waals surface area (Å²) in [6.45, 7) is 1.31. The Kier molecular flexibility index (Phi) is 6.86. The number of methoxy groups -OCH3 is 1. The smallest absolute Gasteiger partial charge is 0.407 e. The van der Waals surface area contributed by atoms with Gasteiger partial charge in [-0.25, -0.2) is 4.79 Å².